The first-order valence-corrected chi connectivity index (χ1v) is 6.58. The molecule has 0 aliphatic heterocycles. The number of furan rings is 1. The molecular weight excluding hydrogens is 364 g/mol. The summed E-state index contributed by atoms with van der Waals surface area (Å²) in [5, 5.41) is 3.81. The Morgan fingerprint density at radius 2 is 2.11 bits per heavy atom. The lowest BCUT2D eigenvalue weighted by Gasteiger charge is -1.99. The molecule has 0 unspecified atom stereocenters. The zero-order valence-electron chi connectivity index (χ0n) is 9.06. The number of halogens is 2. The van der Waals surface area contributed by atoms with Crippen LogP contribution in [0.1, 0.15) is 16.1 Å². The van der Waals surface area contributed by atoms with Crippen molar-refractivity contribution in [1.29, 1.82) is 0 Å². The van der Waals surface area contributed by atoms with Gasteiger partial charge in [0, 0.05) is 10.0 Å². The highest BCUT2D eigenvalue weighted by Crippen LogP contribution is 2.12. The van der Waals surface area contributed by atoms with Gasteiger partial charge in [0.05, 0.1) is 6.21 Å². The molecule has 1 aromatic heterocycles. The van der Waals surface area contributed by atoms with Crippen LogP contribution < -0.4 is 5.43 Å². The first kappa shape index (κ1) is 13.0. The van der Waals surface area contributed by atoms with Crippen molar-refractivity contribution in [3.63, 3.8) is 0 Å². The lowest BCUT2D eigenvalue weighted by Crippen LogP contribution is -2.17. The Hall–Kier alpha value is -1.40. The van der Waals surface area contributed by atoms with Crippen molar-refractivity contribution in [2.45, 2.75) is 0 Å². The number of benzene rings is 1. The molecule has 1 amide bonds. The van der Waals surface area contributed by atoms with Gasteiger partial charge in [-0.05, 0) is 46.3 Å². The predicted octanol–water partition coefficient (Wildman–Crippen LogP) is 3.57. The van der Waals surface area contributed by atoms with Crippen LogP contribution in [0.3, 0.4) is 0 Å². The molecule has 0 atom stereocenters. The number of carbonyl (C=O) groups excluding carboxylic acids is 1. The van der Waals surface area contributed by atoms with Crippen molar-refractivity contribution < 1.29 is 9.21 Å². The molecule has 2 aromatic rings. The average molecular weight is 372 g/mol. The second-order valence-corrected chi connectivity index (χ2v) is 5.05. The molecule has 1 N–H and O–H groups in total. The highest BCUT2D eigenvalue weighted by Gasteiger charge is 2.03. The number of carbonyl (C=O) groups is 1. The minimum absolute atomic E-state index is 0.279. The Bertz CT molecular complexity index is 593. The molecule has 0 saturated carbocycles. The van der Waals surface area contributed by atoms with Gasteiger partial charge in [0.1, 0.15) is 5.76 Å². The van der Waals surface area contributed by atoms with E-state index in [-0.39, 0.29) is 5.91 Å². The van der Waals surface area contributed by atoms with Crippen molar-refractivity contribution >= 4 is 44.0 Å². The third kappa shape index (κ3) is 3.54. The van der Waals surface area contributed by atoms with E-state index in [1.807, 2.05) is 6.07 Å². The fourth-order valence-corrected chi connectivity index (χ4v) is 1.96. The van der Waals surface area contributed by atoms with Crippen LogP contribution in [0.25, 0.3) is 0 Å². The van der Waals surface area contributed by atoms with Crippen molar-refractivity contribution in [3.05, 3.63) is 56.9 Å². The van der Waals surface area contributed by atoms with E-state index in [1.54, 1.807) is 30.3 Å². The van der Waals surface area contributed by atoms with E-state index in [9.17, 15) is 4.79 Å². The van der Waals surface area contributed by atoms with E-state index in [4.69, 9.17) is 4.42 Å². The van der Waals surface area contributed by atoms with Crippen LogP contribution in [0.15, 0.2) is 55.1 Å². The molecule has 0 saturated heterocycles. The summed E-state index contributed by atoms with van der Waals surface area (Å²) in [7, 11) is 0. The van der Waals surface area contributed by atoms with E-state index in [0.29, 0.717) is 16.0 Å². The predicted molar refractivity (Wildman–Crippen MR) is 75.6 cm³/mol. The second kappa shape index (κ2) is 5.97. The Morgan fingerprint density at radius 3 is 2.78 bits per heavy atom. The molecule has 1 heterocycles. The Labute approximate surface area is 120 Å². The monoisotopic (exact) mass is 370 g/mol. The fourth-order valence-electron chi connectivity index (χ4n) is 1.25. The van der Waals surface area contributed by atoms with Crippen LogP contribution in [-0.4, -0.2) is 12.1 Å². The third-order valence-electron chi connectivity index (χ3n) is 2.04. The summed E-state index contributed by atoms with van der Waals surface area (Å²) in [6.07, 6.45) is 1.43. The van der Waals surface area contributed by atoms with Gasteiger partial charge in [-0.3, -0.25) is 4.79 Å². The number of amides is 1. The van der Waals surface area contributed by atoms with Crippen LogP contribution in [0.5, 0.6) is 0 Å². The summed E-state index contributed by atoms with van der Waals surface area (Å²) in [5.41, 5.74) is 2.95. The summed E-state index contributed by atoms with van der Waals surface area (Å²) < 4.78 is 6.65. The van der Waals surface area contributed by atoms with E-state index in [1.165, 1.54) is 6.21 Å². The van der Waals surface area contributed by atoms with Gasteiger partial charge < -0.3 is 4.42 Å². The highest BCUT2D eigenvalue weighted by molar-refractivity contribution is 9.10. The number of hydrazone groups is 1. The molecule has 92 valence electrons. The van der Waals surface area contributed by atoms with Crippen LogP contribution in [0.4, 0.5) is 0 Å². The molecule has 0 spiro atoms. The Kier molecular flexibility index (Phi) is 4.33. The molecule has 0 fully saturated rings. The van der Waals surface area contributed by atoms with Gasteiger partial charge in [0.15, 0.2) is 4.67 Å². The Balaban J connectivity index is 1.98. The number of nitrogens with zero attached hydrogens (tertiary/aromatic N) is 1. The van der Waals surface area contributed by atoms with Crippen LogP contribution in [0, 0.1) is 0 Å². The second-order valence-electron chi connectivity index (χ2n) is 3.35. The third-order valence-corrected chi connectivity index (χ3v) is 2.96. The summed E-state index contributed by atoms with van der Waals surface area (Å²) in [6.45, 7) is 0. The van der Waals surface area contributed by atoms with Crippen molar-refractivity contribution in [2.24, 2.45) is 5.10 Å². The van der Waals surface area contributed by atoms with Gasteiger partial charge >= 0.3 is 0 Å². The van der Waals surface area contributed by atoms with Gasteiger partial charge in [0.2, 0.25) is 0 Å². The summed E-state index contributed by atoms with van der Waals surface area (Å²) >= 11 is 6.48. The molecule has 18 heavy (non-hydrogen) atoms. The summed E-state index contributed by atoms with van der Waals surface area (Å²) in [5.74, 6) is 0.273. The number of rotatable bonds is 3. The van der Waals surface area contributed by atoms with Crippen LogP contribution in [-0.2, 0) is 0 Å². The molecule has 0 bridgehead atoms. The topological polar surface area (TPSA) is 54.6 Å². The molecule has 6 heteroatoms. The number of hydrogen-bond acceptors (Lipinski definition) is 3. The SMILES string of the molecule is O=C(NN=Cc1ccc(Br)o1)c1cccc(Br)c1. The smallest absolute Gasteiger partial charge is 0.271 e. The van der Waals surface area contributed by atoms with Crippen molar-refractivity contribution in [1.82, 2.24) is 5.43 Å². The summed E-state index contributed by atoms with van der Waals surface area (Å²) in [6, 6.07) is 10.5. The van der Waals surface area contributed by atoms with Gasteiger partial charge in [-0.1, -0.05) is 22.0 Å². The molecule has 0 aliphatic carbocycles. The van der Waals surface area contributed by atoms with Gasteiger partial charge in [0.25, 0.3) is 5.91 Å². The lowest BCUT2D eigenvalue weighted by molar-refractivity contribution is 0.0955. The maximum Gasteiger partial charge on any atom is 0.271 e. The van der Waals surface area contributed by atoms with Gasteiger partial charge in [-0.15, -0.1) is 0 Å². The zero-order valence-corrected chi connectivity index (χ0v) is 12.2. The molecular formula is C12H8Br2N2O2. The molecule has 0 aliphatic rings. The maximum atomic E-state index is 11.7. The first-order chi connectivity index (χ1) is 8.65. The minimum atomic E-state index is -0.279. The zero-order chi connectivity index (χ0) is 13.0. The molecule has 2 rings (SSSR count). The molecule has 1 aromatic carbocycles. The normalized spacial score (nSPS) is 10.8. The van der Waals surface area contributed by atoms with E-state index in [2.05, 4.69) is 42.4 Å². The van der Waals surface area contributed by atoms with E-state index in [0.717, 1.165) is 4.47 Å². The lowest BCUT2D eigenvalue weighted by atomic mass is 10.2. The minimum Gasteiger partial charge on any atom is -0.448 e. The molecule has 4 nitrogen and oxygen atoms in total. The van der Waals surface area contributed by atoms with Crippen molar-refractivity contribution in [3.8, 4) is 0 Å². The largest absolute Gasteiger partial charge is 0.448 e. The number of hydrogen-bond donors (Lipinski definition) is 1. The standard InChI is InChI=1S/C12H8Br2N2O2/c13-9-3-1-2-8(6-9)12(17)16-15-7-10-4-5-11(14)18-10/h1-7H,(H,16,17). The van der Waals surface area contributed by atoms with Crippen LogP contribution >= 0.6 is 31.9 Å². The average Bonchev–Trinajstić information content (AvgIpc) is 2.75. The maximum absolute atomic E-state index is 11.7. The van der Waals surface area contributed by atoms with Crippen LogP contribution in [0.2, 0.25) is 0 Å². The Morgan fingerprint density at radius 1 is 1.28 bits per heavy atom. The fraction of sp³-hybridized carbons (Fsp3) is 0. The van der Waals surface area contributed by atoms with E-state index >= 15 is 0 Å². The van der Waals surface area contributed by atoms with E-state index < -0.39 is 0 Å². The quantitative estimate of drug-likeness (QED) is 0.662. The first-order valence-electron chi connectivity index (χ1n) is 4.99. The van der Waals surface area contributed by atoms with Gasteiger partial charge in [-0.25, -0.2) is 5.43 Å². The van der Waals surface area contributed by atoms with Gasteiger partial charge in [-0.2, -0.15) is 5.10 Å². The van der Waals surface area contributed by atoms with Crippen molar-refractivity contribution in [2.75, 3.05) is 0 Å². The molecule has 0 radical (unpaired) electrons. The highest BCUT2D eigenvalue weighted by atomic mass is 79.9. The summed E-state index contributed by atoms with van der Waals surface area (Å²) in [4.78, 5) is 11.7. The number of nitrogens with one attached hydrogen (secondary N) is 1.